The van der Waals surface area contributed by atoms with Crippen LogP contribution in [0.25, 0.3) is 0 Å². The van der Waals surface area contributed by atoms with Crippen LogP contribution >= 0.6 is 0 Å². The highest BCUT2D eigenvalue weighted by atomic mass is 16.5. The largest absolute Gasteiger partial charge is 0.394 e. The average molecular weight is 482 g/mol. The smallest absolute Gasteiger partial charge is 0.330 e. The first-order valence-electron chi connectivity index (χ1n) is 13.5. The fraction of sp³-hybridized carbons (Fsp3) is 0.846. The highest BCUT2D eigenvalue weighted by Gasteiger charge is 2.38. The number of hydrogen-bond acceptors (Lipinski definition) is 6. The van der Waals surface area contributed by atoms with Crippen LogP contribution in [0.2, 0.25) is 0 Å². The number of hydrogen-bond donors (Lipinski definition) is 2. The molecule has 0 unspecified atom stereocenters. The lowest BCUT2D eigenvalue weighted by atomic mass is 10.1. The van der Waals surface area contributed by atoms with Crippen molar-refractivity contribution in [3.05, 3.63) is 32.6 Å². The van der Waals surface area contributed by atoms with E-state index in [1.807, 2.05) is 0 Å². The van der Waals surface area contributed by atoms with Crippen molar-refractivity contribution < 1.29 is 14.6 Å². The van der Waals surface area contributed by atoms with Gasteiger partial charge in [0.1, 0.15) is 6.23 Å². The molecule has 2 rings (SSSR count). The second kappa shape index (κ2) is 16.2. The van der Waals surface area contributed by atoms with Crippen molar-refractivity contribution >= 4 is 0 Å². The number of likely N-dealkylation sites (N-methyl/N-ethyl adjacent to an activating group) is 1. The van der Waals surface area contributed by atoms with Crippen molar-refractivity contribution in [1.82, 2.24) is 14.5 Å². The molecule has 1 aromatic heterocycles. The van der Waals surface area contributed by atoms with Gasteiger partial charge in [0.25, 0.3) is 5.56 Å². The van der Waals surface area contributed by atoms with Crippen molar-refractivity contribution in [2.45, 2.75) is 116 Å². The summed E-state index contributed by atoms with van der Waals surface area (Å²) in [5, 5.41) is 9.77. The minimum absolute atomic E-state index is 0.0277. The summed E-state index contributed by atoms with van der Waals surface area (Å²) in [6, 6.07) is 0.0277. The molecule has 0 bridgehead atoms. The summed E-state index contributed by atoms with van der Waals surface area (Å²) in [4.78, 5) is 29.4. The van der Waals surface area contributed by atoms with E-state index in [0.29, 0.717) is 18.6 Å². The van der Waals surface area contributed by atoms with Crippen LogP contribution < -0.4 is 11.2 Å². The molecule has 0 saturated carbocycles. The van der Waals surface area contributed by atoms with Crippen molar-refractivity contribution in [3.63, 3.8) is 0 Å². The molecule has 1 aliphatic rings. The van der Waals surface area contributed by atoms with Crippen molar-refractivity contribution in [3.8, 4) is 0 Å². The molecular formula is C26H47N3O5. The van der Waals surface area contributed by atoms with Crippen LogP contribution in [0.4, 0.5) is 0 Å². The second-order valence-corrected chi connectivity index (χ2v) is 9.39. The van der Waals surface area contributed by atoms with Crippen LogP contribution in [0.3, 0.4) is 0 Å². The molecule has 8 nitrogen and oxygen atoms in total. The molecule has 1 saturated heterocycles. The van der Waals surface area contributed by atoms with Crippen LogP contribution in [0, 0.1) is 0 Å². The van der Waals surface area contributed by atoms with E-state index in [4.69, 9.17) is 9.47 Å². The number of aromatic amines is 1. The van der Waals surface area contributed by atoms with Crippen LogP contribution in [0.5, 0.6) is 0 Å². The zero-order valence-electron chi connectivity index (χ0n) is 21.6. The van der Waals surface area contributed by atoms with Gasteiger partial charge in [0, 0.05) is 25.3 Å². The maximum atomic E-state index is 12.5. The first-order chi connectivity index (χ1) is 16.5. The summed E-state index contributed by atoms with van der Waals surface area (Å²) >= 11 is 0. The lowest BCUT2D eigenvalue weighted by Gasteiger charge is -2.28. The van der Waals surface area contributed by atoms with Gasteiger partial charge >= 0.3 is 5.69 Å². The number of ether oxygens (including phenoxy) is 2. The van der Waals surface area contributed by atoms with E-state index in [0.717, 1.165) is 25.9 Å². The van der Waals surface area contributed by atoms with Gasteiger partial charge in [0.2, 0.25) is 0 Å². The average Bonchev–Trinajstić information content (AvgIpc) is 3.25. The van der Waals surface area contributed by atoms with Crippen molar-refractivity contribution in [2.75, 3.05) is 26.3 Å². The Kier molecular flexibility index (Phi) is 13.7. The molecule has 1 aromatic rings. The van der Waals surface area contributed by atoms with Gasteiger partial charge in [0.15, 0.2) is 0 Å². The molecule has 34 heavy (non-hydrogen) atoms. The van der Waals surface area contributed by atoms with Crippen LogP contribution in [0.1, 0.15) is 103 Å². The van der Waals surface area contributed by atoms with Gasteiger partial charge in [-0.15, -0.1) is 0 Å². The predicted octanol–water partition coefficient (Wildman–Crippen LogP) is 3.96. The standard InChI is InChI=1S/C26H47N3O5/c1-4-7-8-9-10-11-12-13-14-15-16-33-20-21-18-29(26(32)27-25(21)31)24-17-22(23(19-30)34-24)28(5-2)6-3/h18,22-24,30H,4-17,19-20H2,1-3H3,(H,27,31,32)/t22-,23+,24+/m0/s1. The van der Waals surface area contributed by atoms with Gasteiger partial charge in [-0.25, -0.2) is 4.79 Å². The summed E-state index contributed by atoms with van der Waals surface area (Å²) < 4.78 is 13.2. The van der Waals surface area contributed by atoms with Gasteiger partial charge in [0.05, 0.1) is 24.9 Å². The molecule has 196 valence electrons. The molecule has 1 fully saturated rings. The fourth-order valence-corrected chi connectivity index (χ4v) is 4.84. The normalized spacial score (nSPS) is 20.4. The number of aliphatic hydroxyl groups is 1. The number of aromatic nitrogens is 2. The molecule has 1 aliphatic heterocycles. The summed E-state index contributed by atoms with van der Waals surface area (Å²) in [5.41, 5.74) is -0.492. The van der Waals surface area contributed by atoms with Crippen LogP contribution in [-0.2, 0) is 16.1 Å². The minimum Gasteiger partial charge on any atom is -0.394 e. The Bertz CT molecular complexity index is 789. The van der Waals surface area contributed by atoms with Crippen LogP contribution in [0.15, 0.2) is 15.8 Å². The van der Waals surface area contributed by atoms with Gasteiger partial charge in [-0.05, 0) is 19.5 Å². The predicted molar refractivity (Wildman–Crippen MR) is 135 cm³/mol. The molecule has 2 N–H and O–H groups in total. The molecule has 3 atom stereocenters. The lowest BCUT2D eigenvalue weighted by molar-refractivity contribution is -0.0383. The van der Waals surface area contributed by atoms with Crippen molar-refractivity contribution in [2.24, 2.45) is 0 Å². The maximum Gasteiger partial charge on any atom is 0.330 e. The topological polar surface area (TPSA) is 96.8 Å². The summed E-state index contributed by atoms with van der Waals surface area (Å²) in [7, 11) is 0. The Morgan fingerprint density at radius 1 is 1.03 bits per heavy atom. The number of nitrogens with one attached hydrogen (secondary N) is 1. The molecule has 0 aliphatic carbocycles. The SMILES string of the molecule is CCCCCCCCCCCCOCc1cn([C@H]2C[C@H](N(CC)CC)[C@@H](CO)O2)c(=O)[nH]c1=O. The Hall–Kier alpha value is -1.48. The van der Waals surface area contributed by atoms with E-state index < -0.39 is 17.5 Å². The Balaban J connectivity index is 1.78. The molecule has 0 amide bonds. The van der Waals surface area contributed by atoms with E-state index in [1.54, 1.807) is 6.20 Å². The number of rotatable bonds is 18. The highest BCUT2D eigenvalue weighted by molar-refractivity contribution is 5.04. The Morgan fingerprint density at radius 2 is 1.65 bits per heavy atom. The molecular weight excluding hydrogens is 434 g/mol. The summed E-state index contributed by atoms with van der Waals surface area (Å²) in [5.74, 6) is 0. The van der Waals surface area contributed by atoms with Crippen molar-refractivity contribution in [1.29, 1.82) is 0 Å². The minimum atomic E-state index is -0.521. The van der Waals surface area contributed by atoms with Gasteiger partial charge in [-0.1, -0.05) is 78.6 Å². The third-order valence-electron chi connectivity index (χ3n) is 6.92. The fourth-order valence-electron chi connectivity index (χ4n) is 4.84. The number of nitrogens with zero attached hydrogens (tertiary/aromatic N) is 2. The lowest BCUT2D eigenvalue weighted by Crippen LogP contribution is -2.42. The first-order valence-corrected chi connectivity index (χ1v) is 13.5. The van der Waals surface area contributed by atoms with Crippen LogP contribution in [-0.4, -0.2) is 58.0 Å². The Labute approximate surface area is 204 Å². The van der Waals surface area contributed by atoms with Gasteiger partial charge < -0.3 is 14.6 Å². The van der Waals surface area contributed by atoms with E-state index in [9.17, 15) is 14.7 Å². The molecule has 2 heterocycles. The molecule has 0 aromatic carbocycles. The van der Waals surface area contributed by atoms with E-state index in [-0.39, 0.29) is 25.4 Å². The number of aliphatic hydroxyl groups excluding tert-OH is 1. The maximum absolute atomic E-state index is 12.5. The Morgan fingerprint density at radius 3 is 2.24 bits per heavy atom. The van der Waals surface area contributed by atoms with E-state index >= 15 is 0 Å². The second-order valence-electron chi connectivity index (χ2n) is 9.39. The van der Waals surface area contributed by atoms with E-state index in [1.165, 1.54) is 55.9 Å². The first kappa shape index (κ1) is 28.8. The monoisotopic (exact) mass is 481 g/mol. The van der Waals surface area contributed by atoms with Gasteiger partial charge in [-0.3, -0.25) is 19.2 Å². The van der Waals surface area contributed by atoms with Gasteiger partial charge in [-0.2, -0.15) is 0 Å². The third-order valence-corrected chi connectivity index (χ3v) is 6.92. The number of H-pyrrole nitrogens is 1. The third kappa shape index (κ3) is 8.95. The zero-order chi connectivity index (χ0) is 24.8. The highest BCUT2D eigenvalue weighted by Crippen LogP contribution is 2.31. The molecule has 0 radical (unpaired) electrons. The summed E-state index contributed by atoms with van der Waals surface area (Å²) in [6.45, 7) is 8.73. The molecule has 8 heteroatoms. The quantitative estimate of drug-likeness (QED) is 0.308. The zero-order valence-corrected chi connectivity index (χ0v) is 21.6. The van der Waals surface area contributed by atoms with E-state index in [2.05, 4.69) is 30.7 Å². The summed E-state index contributed by atoms with van der Waals surface area (Å²) in [6.07, 6.45) is 13.9. The molecule has 0 spiro atoms. The number of unbranched alkanes of at least 4 members (excludes halogenated alkanes) is 9.